The second-order valence-corrected chi connectivity index (χ2v) is 7.58. The van der Waals surface area contributed by atoms with Crippen molar-refractivity contribution in [3.63, 3.8) is 0 Å². The number of aliphatic hydroxyl groups excluding tert-OH is 1. The van der Waals surface area contributed by atoms with Gasteiger partial charge in [0.05, 0.1) is 17.5 Å². The van der Waals surface area contributed by atoms with Crippen molar-refractivity contribution >= 4 is 34.1 Å². The van der Waals surface area contributed by atoms with Crippen LogP contribution in [0.2, 0.25) is 0 Å². The van der Waals surface area contributed by atoms with Crippen LogP contribution in [0.25, 0.3) is 0 Å². The van der Waals surface area contributed by atoms with Crippen LogP contribution in [0, 0.1) is 16.4 Å². The number of aliphatic hydroxyl groups is 1. The number of H-pyrrole nitrogens is 1. The molecule has 1 atom stereocenters. The summed E-state index contributed by atoms with van der Waals surface area (Å²) in [6.07, 6.45) is 0.488. The minimum atomic E-state index is -0.601. The molecule has 1 unspecified atom stereocenters. The molecule has 2 heterocycles. The Morgan fingerprint density at radius 3 is 2.92 bits per heavy atom. The Bertz CT molecular complexity index is 912. The Labute approximate surface area is 162 Å². The highest BCUT2D eigenvalue weighted by atomic mass is 79.9. The van der Waals surface area contributed by atoms with E-state index >= 15 is 0 Å². The molecular formula is C17H18BrF2N3O2S. The molecule has 0 radical (unpaired) electrons. The van der Waals surface area contributed by atoms with Gasteiger partial charge < -0.3 is 19.6 Å². The summed E-state index contributed by atoms with van der Waals surface area (Å²) in [5, 5.41) is 8.95. The Balaban J connectivity index is 1.88. The van der Waals surface area contributed by atoms with Crippen molar-refractivity contribution in [2.24, 2.45) is 0 Å². The molecule has 1 aromatic carbocycles. The quantitative estimate of drug-likeness (QED) is 0.549. The summed E-state index contributed by atoms with van der Waals surface area (Å²) in [6.45, 7) is 0.484. The number of aromatic nitrogens is 2. The fourth-order valence-electron chi connectivity index (χ4n) is 3.32. The van der Waals surface area contributed by atoms with Crippen LogP contribution >= 0.6 is 28.1 Å². The zero-order valence-corrected chi connectivity index (χ0v) is 16.5. The van der Waals surface area contributed by atoms with Gasteiger partial charge in [-0.15, -0.1) is 0 Å². The van der Waals surface area contributed by atoms with E-state index in [1.165, 1.54) is 17.0 Å². The maximum Gasteiger partial charge on any atom is 0.228 e. The average Bonchev–Trinajstić information content (AvgIpc) is 3.13. The first kappa shape index (κ1) is 19.2. The summed E-state index contributed by atoms with van der Waals surface area (Å²) in [5.74, 6) is -1.74. The zero-order valence-electron chi connectivity index (χ0n) is 14.1. The van der Waals surface area contributed by atoms with E-state index in [1.54, 1.807) is 11.6 Å². The van der Waals surface area contributed by atoms with Crippen molar-refractivity contribution in [2.45, 2.75) is 25.3 Å². The molecule has 0 spiro atoms. The average molecular weight is 446 g/mol. The topological polar surface area (TPSA) is 61.3 Å². The summed E-state index contributed by atoms with van der Waals surface area (Å²) < 4.78 is 31.1. The van der Waals surface area contributed by atoms with Crippen LogP contribution in [0.15, 0.2) is 16.6 Å². The molecule has 0 saturated heterocycles. The minimum absolute atomic E-state index is 0.0344. The van der Waals surface area contributed by atoms with E-state index in [1.807, 2.05) is 0 Å². The van der Waals surface area contributed by atoms with Crippen LogP contribution in [-0.4, -0.2) is 45.7 Å². The lowest BCUT2D eigenvalue weighted by Gasteiger charge is -2.15. The number of fused-ring (bicyclic) bond motifs is 1. The van der Waals surface area contributed by atoms with E-state index in [0.29, 0.717) is 23.4 Å². The van der Waals surface area contributed by atoms with Crippen molar-refractivity contribution in [3.05, 3.63) is 50.0 Å². The molecule has 140 valence electrons. The lowest BCUT2D eigenvalue weighted by molar-refractivity contribution is -0.129. The van der Waals surface area contributed by atoms with Gasteiger partial charge in [0.15, 0.2) is 4.77 Å². The molecule has 0 fully saturated rings. The van der Waals surface area contributed by atoms with Gasteiger partial charge in [0, 0.05) is 43.0 Å². The highest BCUT2D eigenvalue weighted by molar-refractivity contribution is 9.10. The highest BCUT2D eigenvalue weighted by Gasteiger charge is 2.32. The molecule has 5 nitrogen and oxygen atoms in total. The maximum absolute atomic E-state index is 14.4. The van der Waals surface area contributed by atoms with E-state index in [0.717, 1.165) is 5.69 Å². The van der Waals surface area contributed by atoms with Crippen molar-refractivity contribution < 1.29 is 18.7 Å². The van der Waals surface area contributed by atoms with Gasteiger partial charge >= 0.3 is 0 Å². The Morgan fingerprint density at radius 2 is 2.23 bits per heavy atom. The lowest BCUT2D eigenvalue weighted by atomic mass is 9.95. The van der Waals surface area contributed by atoms with E-state index in [9.17, 15) is 13.6 Å². The maximum atomic E-state index is 14.4. The Morgan fingerprint density at radius 1 is 1.50 bits per heavy atom. The summed E-state index contributed by atoms with van der Waals surface area (Å²) in [7, 11) is 1.61. The van der Waals surface area contributed by atoms with Crippen molar-refractivity contribution in [1.29, 1.82) is 0 Å². The number of halogens is 3. The summed E-state index contributed by atoms with van der Waals surface area (Å²) in [6, 6.07) is 2.59. The molecule has 0 aliphatic carbocycles. The van der Waals surface area contributed by atoms with Gasteiger partial charge in [0.1, 0.15) is 11.6 Å². The number of carbonyl (C=O) groups is 1. The number of benzene rings is 1. The minimum Gasteiger partial charge on any atom is -0.395 e. The summed E-state index contributed by atoms with van der Waals surface area (Å²) >= 11 is 8.41. The van der Waals surface area contributed by atoms with Crippen LogP contribution in [0.4, 0.5) is 8.78 Å². The van der Waals surface area contributed by atoms with E-state index < -0.39 is 11.6 Å². The normalized spacial score (nSPS) is 16.0. The predicted octanol–water partition coefficient (Wildman–Crippen LogP) is 2.92. The summed E-state index contributed by atoms with van der Waals surface area (Å²) in [5.41, 5.74) is 1.49. The van der Waals surface area contributed by atoms with Gasteiger partial charge in [0.25, 0.3) is 0 Å². The molecule has 3 rings (SSSR count). The number of nitrogens with one attached hydrogen (secondary N) is 1. The molecule has 1 aliphatic heterocycles. The lowest BCUT2D eigenvalue weighted by Crippen LogP contribution is -2.31. The largest absolute Gasteiger partial charge is 0.395 e. The van der Waals surface area contributed by atoms with E-state index in [2.05, 4.69) is 20.9 Å². The molecule has 26 heavy (non-hydrogen) atoms. The van der Waals surface area contributed by atoms with Crippen LogP contribution < -0.4 is 0 Å². The monoisotopic (exact) mass is 445 g/mol. The number of amides is 1. The second-order valence-electron chi connectivity index (χ2n) is 6.34. The fourth-order valence-corrected chi connectivity index (χ4v) is 3.97. The first-order valence-electron chi connectivity index (χ1n) is 8.12. The molecule has 1 aromatic heterocycles. The van der Waals surface area contributed by atoms with E-state index in [-0.39, 0.29) is 41.4 Å². The first-order chi connectivity index (χ1) is 12.3. The molecular weight excluding hydrogens is 428 g/mol. The molecule has 2 N–H and O–H groups in total. The van der Waals surface area contributed by atoms with Crippen LogP contribution in [-0.2, 0) is 24.2 Å². The smallest absolute Gasteiger partial charge is 0.228 e. The van der Waals surface area contributed by atoms with Gasteiger partial charge in [-0.3, -0.25) is 4.79 Å². The van der Waals surface area contributed by atoms with Crippen molar-refractivity contribution in [3.8, 4) is 0 Å². The number of aromatic amines is 1. The van der Waals surface area contributed by atoms with Gasteiger partial charge in [-0.2, -0.15) is 0 Å². The Kier molecular flexibility index (Phi) is 5.59. The first-order valence-corrected chi connectivity index (χ1v) is 9.32. The molecule has 1 amide bonds. The SMILES string of the molecule is CN(CCO)C(=O)Cc1[nH]c(=S)n2c1CC(c1c(F)ccc(Br)c1F)C2. The molecule has 1 aliphatic rings. The third-order valence-corrected chi connectivity index (χ3v) is 5.63. The third kappa shape index (κ3) is 3.47. The van der Waals surface area contributed by atoms with Crippen molar-refractivity contribution in [1.82, 2.24) is 14.5 Å². The van der Waals surface area contributed by atoms with Crippen LogP contribution in [0.3, 0.4) is 0 Å². The standard InChI is InChI=1S/C17H18BrF2N3O2S/c1-22(4-5-24)14(25)7-12-13-6-9(8-23(13)17(26)21-12)15-11(19)3-2-10(18)16(15)20/h2-3,9,24H,4-8H2,1H3,(H,21,26). The number of likely N-dealkylation sites (N-methyl/N-ethyl adjacent to an activating group) is 1. The highest BCUT2D eigenvalue weighted by Crippen LogP contribution is 2.36. The molecule has 2 aromatic rings. The predicted molar refractivity (Wildman–Crippen MR) is 98.5 cm³/mol. The fraction of sp³-hybridized carbons (Fsp3) is 0.412. The summed E-state index contributed by atoms with van der Waals surface area (Å²) in [4.78, 5) is 16.7. The molecule has 0 saturated carbocycles. The number of hydrogen-bond donors (Lipinski definition) is 2. The Hall–Kier alpha value is -1.58. The van der Waals surface area contributed by atoms with Crippen LogP contribution in [0.1, 0.15) is 22.9 Å². The van der Waals surface area contributed by atoms with E-state index in [4.69, 9.17) is 17.3 Å². The van der Waals surface area contributed by atoms with Gasteiger partial charge in [-0.05, 0) is 46.7 Å². The van der Waals surface area contributed by atoms with Gasteiger partial charge in [-0.1, -0.05) is 0 Å². The number of rotatable bonds is 5. The molecule has 9 heteroatoms. The number of hydrogen-bond acceptors (Lipinski definition) is 3. The number of imidazole rings is 1. The van der Waals surface area contributed by atoms with Gasteiger partial charge in [0.2, 0.25) is 5.91 Å². The van der Waals surface area contributed by atoms with Crippen LogP contribution in [0.5, 0.6) is 0 Å². The number of nitrogens with zero attached hydrogens (tertiary/aromatic N) is 2. The number of carbonyl (C=O) groups excluding carboxylic acids is 1. The second kappa shape index (κ2) is 7.58. The zero-order chi connectivity index (χ0) is 19.0. The van der Waals surface area contributed by atoms with Gasteiger partial charge in [-0.25, -0.2) is 8.78 Å². The molecule has 0 bridgehead atoms. The third-order valence-electron chi connectivity index (χ3n) is 4.70. The van der Waals surface area contributed by atoms with Crippen molar-refractivity contribution in [2.75, 3.05) is 20.2 Å².